The molecular weight excluding hydrogens is 278 g/mol. The molecule has 1 aromatic rings. The Kier molecular flexibility index (Phi) is 4.88. The van der Waals surface area contributed by atoms with Gasteiger partial charge in [0.25, 0.3) is 0 Å². The Hall–Kier alpha value is -1.27. The van der Waals surface area contributed by atoms with Crippen molar-refractivity contribution in [2.75, 3.05) is 33.1 Å². The van der Waals surface area contributed by atoms with Crippen LogP contribution < -0.4 is 9.47 Å². The molecule has 0 atom stereocenters. The summed E-state index contributed by atoms with van der Waals surface area (Å²) in [5.41, 5.74) is 0. The fourth-order valence-electron chi connectivity index (χ4n) is 2.31. The molecule has 0 aliphatic carbocycles. The molecule has 20 heavy (non-hydrogen) atoms. The van der Waals surface area contributed by atoms with E-state index in [9.17, 15) is 8.42 Å². The lowest BCUT2D eigenvalue weighted by atomic mass is 9.99. The molecular formula is C14H21NO4S. The predicted molar refractivity (Wildman–Crippen MR) is 77.6 cm³/mol. The summed E-state index contributed by atoms with van der Waals surface area (Å²) in [5, 5.41) is 0. The van der Waals surface area contributed by atoms with Gasteiger partial charge >= 0.3 is 0 Å². The van der Waals surface area contributed by atoms with Crippen LogP contribution in [0, 0.1) is 5.92 Å². The predicted octanol–water partition coefficient (Wildman–Crippen LogP) is 1.75. The highest BCUT2D eigenvalue weighted by Crippen LogP contribution is 2.23. The van der Waals surface area contributed by atoms with E-state index in [1.807, 2.05) is 24.3 Å². The van der Waals surface area contributed by atoms with Gasteiger partial charge in [-0.2, -0.15) is 0 Å². The molecule has 1 saturated heterocycles. The summed E-state index contributed by atoms with van der Waals surface area (Å²) in [6, 6.07) is 7.51. The maximum atomic E-state index is 11.4. The van der Waals surface area contributed by atoms with Crippen molar-refractivity contribution in [3.63, 3.8) is 0 Å². The Morgan fingerprint density at radius 2 is 1.90 bits per heavy atom. The van der Waals surface area contributed by atoms with E-state index < -0.39 is 10.0 Å². The van der Waals surface area contributed by atoms with Crippen molar-refractivity contribution >= 4 is 10.0 Å². The van der Waals surface area contributed by atoms with Crippen LogP contribution >= 0.6 is 0 Å². The van der Waals surface area contributed by atoms with E-state index in [4.69, 9.17) is 9.47 Å². The Labute approximate surface area is 120 Å². The summed E-state index contributed by atoms with van der Waals surface area (Å²) >= 11 is 0. The summed E-state index contributed by atoms with van der Waals surface area (Å²) < 4.78 is 35.3. The van der Waals surface area contributed by atoms with Crippen LogP contribution in [-0.4, -0.2) is 45.8 Å². The number of hydrogen-bond donors (Lipinski definition) is 0. The number of sulfonamides is 1. The lowest BCUT2D eigenvalue weighted by molar-refractivity contribution is 0.185. The Bertz CT molecular complexity index is 536. The third-order valence-corrected chi connectivity index (χ3v) is 4.87. The van der Waals surface area contributed by atoms with Crippen molar-refractivity contribution in [1.29, 1.82) is 0 Å². The van der Waals surface area contributed by atoms with Crippen molar-refractivity contribution in [3.05, 3.63) is 24.3 Å². The molecule has 112 valence electrons. The number of rotatable bonds is 5. The number of nitrogens with zero attached hydrogens (tertiary/aromatic N) is 1. The molecule has 0 aromatic heterocycles. The first-order valence-corrected chi connectivity index (χ1v) is 8.56. The van der Waals surface area contributed by atoms with Gasteiger partial charge in [-0.25, -0.2) is 12.7 Å². The molecule has 0 radical (unpaired) electrons. The maximum absolute atomic E-state index is 11.4. The largest absolute Gasteiger partial charge is 0.497 e. The molecule has 0 unspecified atom stereocenters. The van der Waals surface area contributed by atoms with Gasteiger partial charge < -0.3 is 9.47 Å². The summed E-state index contributed by atoms with van der Waals surface area (Å²) in [4.78, 5) is 0. The molecule has 0 amide bonds. The van der Waals surface area contributed by atoms with Gasteiger partial charge in [-0.3, -0.25) is 0 Å². The molecule has 0 spiro atoms. The molecule has 0 bridgehead atoms. The first-order valence-electron chi connectivity index (χ1n) is 6.71. The van der Waals surface area contributed by atoms with Crippen LogP contribution in [-0.2, 0) is 10.0 Å². The standard InChI is InChI=1S/C14H21NO4S/c1-18-13-4-3-5-14(10-13)19-11-12-6-8-15(9-7-12)20(2,16)17/h3-5,10,12H,6-9,11H2,1-2H3. The van der Waals surface area contributed by atoms with E-state index in [2.05, 4.69) is 0 Å². The van der Waals surface area contributed by atoms with Crippen LogP contribution in [0.4, 0.5) is 0 Å². The second-order valence-electron chi connectivity index (χ2n) is 5.10. The van der Waals surface area contributed by atoms with Crippen molar-refractivity contribution in [2.45, 2.75) is 12.8 Å². The van der Waals surface area contributed by atoms with Crippen LogP contribution in [0.5, 0.6) is 11.5 Å². The van der Waals surface area contributed by atoms with Gasteiger partial charge in [0.15, 0.2) is 0 Å². The average molecular weight is 299 g/mol. The van der Waals surface area contributed by atoms with E-state index in [1.165, 1.54) is 10.6 Å². The van der Waals surface area contributed by atoms with Crippen molar-refractivity contribution < 1.29 is 17.9 Å². The molecule has 1 aromatic carbocycles. The van der Waals surface area contributed by atoms with E-state index in [-0.39, 0.29) is 0 Å². The molecule has 0 saturated carbocycles. The Balaban J connectivity index is 1.81. The van der Waals surface area contributed by atoms with Crippen LogP contribution in [0.15, 0.2) is 24.3 Å². The first-order chi connectivity index (χ1) is 9.49. The molecule has 0 N–H and O–H groups in total. The van der Waals surface area contributed by atoms with E-state index in [1.54, 1.807) is 7.11 Å². The number of piperidine rings is 1. The molecule has 2 rings (SSSR count). The van der Waals surface area contributed by atoms with Crippen LogP contribution in [0.1, 0.15) is 12.8 Å². The molecule has 5 nitrogen and oxygen atoms in total. The van der Waals surface area contributed by atoms with E-state index in [0.717, 1.165) is 24.3 Å². The maximum Gasteiger partial charge on any atom is 0.211 e. The number of ether oxygens (including phenoxy) is 2. The van der Waals surface area contributed by atoms with Gasteiger partial charge in [-0.1, -0.05) is 6.07 Å². The van der Waals surface area contributed by atoms with E-state index in [0.29, 0.717) is 25.6 Å². The number of methoxy groups -OCH3 is 1. The zero-order valence-corrected chi connectivity index (χ0v) is 12.7. The summed E-state index contributed by atoms with van der Waals surface area (Å²) in [6.07, 6.45) is 2.95. The zero-order valence-electron chi connectivity index (χ0n) is 11.9. The second kappa shape index (κ2) is 6.45. The van der Waals surface area contributed by atoms with Gasteiger partial charge in [-0.05, 0) is 30.9 Å². The minimum Gasteiger partial charge on any atom is -0.497 e. The molecule has 1 aliphatic rings. The highest BCUT2D eigenvalue weighted by Gasteiger charge is 2.25. The number of hydrogen-bond acceptors (Lipinski definition) is 4. The second-order valence-corrected chi connectivity index (χ2v) is 7.08. The third kappa shape index (κ3) is 4.11. The summed E-state index contributed by atoms with van der Waals surface area (Å²) in [6.45, 7) is 1.79. The quantitative estimate of drug-likeness (QED) is 0.831. The van der Waals surface area contributed by atoms with E-state index >= 15 is 0 Å². The average Bonchev–Trinajstić information content (AvgIpc) is 2.45. The molecule has 6 heteroatoms. The van der Waals surface area contributed by atoms with Crippen molar-refractivity contribution in [2.24, 2.45) is 5.92 Å². The van der Waals surface area contributed by atoms with Gasteiger partial charge in [-0.15, -0.1) is 0 Å². The zero-order chi connectivity index (χ0) is 14.6. The minimum atomic E-state index is -3.05. The lowest BCUT2D eigenvalue weighted by Gasteiger charge is -2.30. The lowest BCUT2D eigenvalue weighted by Crippen LogP contribution is -2.39. The smallest absolute Gasteiger partial charge is 0.211 e. The minimum absolute atomic E-state index is 0.402. The highest BCUT2D eigenvalue weighted by molar-refractivity contribution is 7.88. The van der Waals surface area contributed by atoms with Crippen LogP contribution in [0.2, 0.25) is 0 Å². The molecule has 1 heterocycles. The SMILES string of the molecule is COc1cccc(OCC2CCN(S(C)(=O)=O)CC2)c1. The normalized spacial score (nSPS) is 17.9. The summed E-state index contributed by atoms with van der Waals surface area (Å²) in [5.74, 6) is 1.96. The van der Waals surface area contributed by atoms with Crippen molar-refractivity contribution in [1.82, 2.24) is 4.31 Å². The topological polar surface area (TPSA) is 55.8 Å². The summed E-state index contributed by atoms with van der Waals surface area (Å²) in [7, 11) is -1.42. The van der Waals surface area contributed by atoms with Gasteiger partial charge in [0.05, 0.1) is 20.0 Å². The molecule has 1 fully saturated rings. The fraction of sp³-hybridized carbons (Fsp3) is 0.571. The van der Waals surface area contributed by atoms with Gasteiger partial charge in [0.2, 0.25) is 10.0 Å². The Morgan fingerprint density at radius 1 is 1.25 bits per heavy atom. The highest BCUT2D eigenvalue weighted by atomic mass is 32.2. The number of benzene rings is 1. The van der Waals surface area contributed by atoms with Crippen LogP contribution in [0.3, 0.4) is 0 Å². The third-order valence-electron chi connectivity index (χ3n) is 3.57. The van der Waals surface area contributed by atoms with Crippen molar-refractivity contribution in [3.8, 4) is 11.5 Å². The fourth-order valence-corrected chi connectivity index (χ4v) is 3.19. The molecule has 1 aliphatic heterocycles. The monoisotopic (exact) mass is 299 g/mol. The van der Waals surface area contributed by atoms with Gasteiger partial charge in [0.1, 0.15) is 11.5 Å². The Morgan fingerprint density at radius 3 is 2.50 bits per heavy atom. The van der Waals surface area contributed by atoms with Gasteiger partial charge in [0, 0.05) is 19.2 Å². The first kappa shape index (κ1) is 15.1. The van der Waals surface area contributed by atoms with Crippen LogP contribution in [0.25, 0.3) is 0 Å².